The molecule has 1 N–H and O–H groups in total. The Bertz CT molecular complexity index is 733. The van der Waals surface area contributed by atoms with E-state index < -0.39 is 47.4 Å². The largest absolute Gasteiger partial charge is 0.528 e. The Morgan fingerprint density at radius 1 is 1.04 bits per heavy atom. The van der Waals surface area contributed by atoms with Crippen molar-refractivity contribution in [3.05, 3.63) is 11.6 Å². The highest BCUT2D eigenvalue weighted by Gasteiger charge is 2.65. The molecule has 2 saturated heterocycles. The molecular formula is C18H26N2O8. The van der Waals surface area contributed by atoms with Gasteiger partial charge in [-0.05, 0) is 48.0 Å². The van der Waals surface area contributed by atoms with Gasteiger partial charge in [0, 0.05) is 12.5 Å². The molecule has 0 aromatic heterocycles. The smallest absolute Gasteiger partial charge is 0.507 e. The number of aliphatic hydroxyl groups excluding tert-OH is 1. The highest BCUT2D eigenvalue weighted by molar-refractivity contribution is 5.92. The lowest BCUT2D eigenvalue weighted by Crippen LogP contribution is -2.72. The van der Waals surface area contributed by atoms with Gasteiger partial charge in [-0.3, -0.25) is 9.69 Å². The van der Waals surface area contributed by atoms with Gasteiger partial charge in [0.25, 0.3) is 5.91 Å². The molecule has 0 saturated carbocycles. The number of aliphatic hydroxyl groups is 1. The fourth-order valence-corrected chi connectivity index (χ4v) is 3.50. The molecule has 3 aliphatic heterocycles. The van der Waals surface area contributed by atoms with Crippen molar-refractivity contribution >= 4 is 18.2 Å². The van der Waals surface area contributed by atoms with Crippen LogP contribution >= 0.6 is 0 Å². The first kappa shape index (κ1) is 20.2. The first-order valence-corrected chi connectivity index (χ1v) is 9.13. The van der Waals surface area contributed by atoms with Crippen molar-refractivity contribution in [1.82, 2.24) is 9.96 Å². The fraction of sp³-hybridized carbons (Fsp3) is 0.722. The Labute approximate surface area is 162 Å². The van der Waals surface area contributed by atoms with E-state index in [0.29, 0.717) is 6.42 Å². The molecule has 3 atom stereocenters. The summed E-state index contributed by atoms with van der Waals surface area (Å²) < 4.78 is 15.3. The van der Waals surface area contributed by atoms with Gasteiger partial charge >= 0.3 is 12.3 Å². The molecule has 0 bridgehead atoms. The molecule has 2 unspecified atom stereocenters. The van der Waals surface area contributed by atoms with Crippen molar-refractivity contribution in [1.29, 1.82) is 0 Å². The van der Waals surface area contributed by atoms with Crippen LogP contribution in [0.2, 0.25) is 0 Å². The summed E-state index contributed by atoms with van der Waals surface area (Å²) in [5, 5.41) is 11.7. The number of rotatable bonds is 2. The molecule has 0 aliphatic carbocycles. The number of hydrogen-bond acceptors (Lipinski definition) is 9. The van der Waals surface area contributed by atoms with Crippen LogP contribution in [0.3, 0.4) is 0 Å². The molecule has 0 spiro atoms. The molecule has 156 valence electrons. The Hall–Kier alpha value is -2.49. The maximum atomic E-state index is 12.6. The molecule has 2 fully saturated rings. The van der Waals surface area contributed by atoms with Crippen LogP contribution in [0, 0.1) is 5.92 Å². The van der Waals surface area contributed by atoms with Gasteiger partial charge in [-0.2, -0.15) is 0 Å². The minimum absolute atomic E-state index is 0.177. The van der Waals surface area contributed by atoms with E-state index in [4.69, 9.17) is 19.0 Å². The van der Waals surface area contributed by atoms with Crippen molar-refractivity contribution < 1.29 is 38.5 Å². The van der Waals surface area contributed by atoms with Crippen LogP contribution < -0.4 is 0 Å². The lowest BCUT2D eigenvalue weighted by atomic mass is 9.81. The third kappa shape index (κ3) is 3.73. The zero-order chi connectivity index (χ0) is 21.0. The van der Waals surface area contributed by atoms with Crippen molar-refractivity contribution in [2.45, 2.75) is 71.2 Å². The molecule has 10 heteroatoms. The average molecular weight is 398 g/mol. The summed E-state index contributed by atoms with van der Waals surface area (Å²) in [6, 6.07) is -1.26. The standard InChI is InChI=1S/C18H26N2O8/c1-17(2,3)26-15(23)25-14-12(21)9-7-8-19(11-10(9)20(14)13(11)22)28-16(24)27-18(4,5)6/h9-11,21H,7-8H2,1-6H3/t9?,10?,11-/m0/s1. The van der Waals surface area contributed by atoms with Crippen molar-refractivity contribution in [3.63, 3.8) is 0 Å². The van der Waals surface area contributed by atoms with Gasteiger partial charge in [0.1, 0.15) is 17.2 Å². The molecule has 3 heterocycles. The van der Waals surface area contributed by atoms with E-state index in [1.54, 1.807) is 41.5 Å². The number of carbonyl (C=O) groups is 3. The zero-order valence-corrected chi connectivity index (χ0v) is 16.8. The van der Waals surface area contributed by atoms with E-state index in [-0.39, 0.29) is 18.2 Å². The summed E-state index contributed by atoms with van der Waals surface area (Å²) in [4.78, 5) is 42.9. The van der Waals surface area contributed by atoms with Crippen molar-refractivity contribution in [2.75, 3.05) is 6.54 Å². The summed E-state index contributed by atoms with van der Waals surface area (Å²) in [5.41, 5.74) is -1.51. The Balaban J connectivity index is 1.69. The van der Waals surface area contributed by atoms with Gasteiger partial charge in [-0.1, -0.05) is 0 Å². The maximum absolute atomic E-state index is 12.6. The third-order valence-electron chi connectivity index (χ3n) is 4.44. The molecule has 3 rings (SSSR count). The normalized spacial score (nSPS) is 27.1. The van der Waals surface area contributed by atoms with Gasteiger partial charge in [0.2, 0.25) is 5.88 Å². The summed E-state index contributed by atoms with van der Waals surface area (Å²) in [6.07, 6.45) is -1.51. The summed E-state index contributed by atoms with van der Waals surface area (Å²) >= 11 is 0. The summed E-state index contributed by atoms with van der Waals surface area (Å²) in [5.74, 6) is -1.24. The summed E-state index contributed by atoms with van der Waals surface area (Å²) in [7, 11) is 0. The van der Waals surface area contributed by atoms with Crippen LogP contribution in [0.1, 0.15) is 48.0 Å². The third-order valence-corrected chi connectivity index (χ3v) is 4.44. The molecule has 28 heavy (non-hydrogen) atoms. The average Bonchev–Trinajstić information content (AvgIpc) is 2.73. The van der Waals surface area contributed by atoms with Crippen molar-refractivity contribution in [2.24, 2.45) is 5.92 Å². The van der Waals surface area contributed by atoms with Gasteiger partial charge in [-0.25, -0.2) is 9.59 Å². The number of ether oxygens (including phenoxy) is 3. The fourth-order valence-electron chi connectivity index (χ4n) is 3.50. The Morgan fingerprint density at radius 2 is 1.61 bits per heavy atom. The number of carbonyl (C=O) groups excluding carboxylic acids is 3. The molecule has 10 nitrogen and oxygen atoms in total. The van der Waals surface area contributed by atoms with E-state index in [1.165, 1.54) is 9.96 Å². The second-order valence-corrected chi connectivity index (χ2v) is 8.99. The quantitative estimate of drug-likeness (QED) is 0.553. The van der Waals surface area contributed by atoms with Crippen LogP contribution in [0.5, 0.6) is 0 Å². The topological polar surface area (TPSA) is 115 Å². The number of piperidine rings is 1. The molecule has 0 aromatic rings. The zero-order valence-electron chi connectivity index (χ0n) is 16.8. The van der Waals surface area contributed by atoms with E-state index >= 15 is 0 Å². The number of β-lactam (4-membered cyclic amide) rings is 1. The molecule has 1 amide bonds. The number of nitrogens with zero attached hydrogens (tertiary/aromatic N) is 2. The predicted molar refractivity (Wildman–Crippen MR) is 93.5 cm³/mol. The van der Waals surface area contributed by atoms with Gasteiger partial charge in [-0.15, -0.1) is 5.06 Å². The number of amides is 1. The number of hydrogen-bond donors (Lipinski definition) is 1. The van der Waals surface area contributed by atoms with E-state index in [0.717, 1.165) is 0 Å². The van der Waals surface area contributed by atoms with E-state index in [1.807, 2.05) is 0 Å². The SMILES string of the molecule is CC(C)(C)OC(=O)OC1=C(O)C2CCN(OC(=O)OC(C)(C)C)[C@@H]3C(=O)N1C23. The van der Waals surface area contributed by atoms with E-state index in [9.17, 15) is 19.5 Å². The number of hydroxylamine groups is 2. The second-order valence-electron chi connectivity index (χ2n) is 8.99. The Morgan fingerprint density at radius 3 is 2.18 bits per heavy atom. The highest BCUT2D eigenvalue weighted by atomic mass is 16.8. The van der Waals surface area contributed by atoms with Crippen molar-refractivity contribution in [3.8, 4) is 0 Å². The summed E-state index contributed by atoms with van der Waals surface area (Å²) in [6.45, 7) is 10.4. The monoisotopic (exact) mass is 398 g/mol. The predicted octanol–water partition coefficient (Wildman–Crippen LogP) is 2.45. The molecule has 0 aromatic carbocycles. The minimum atomic E-state index is -1.01. The first-order valence-electron chi connectivity index (χ1n) is 9.13. The van der Waals surface area contributed by atoms with Crippen LogP contribution in [-0.4, -0.2) is 63.1 Å². The van der Waals surface area contributed by atoms with Crippen LogP contribution in [-0.2, 0) is 23.8 Å². The van der Waals surface area contributed by atoms with Crippen LogP contribution in [0.4, 0.5) is 9.59 Å². The van der Waals surface area contributed by atoms with Crippen LogP contribution in [0.25, 0.3) is 0 Å². The maximum Gasteiger partial charge on any atom is 0.528 e. The molecular weight excluding hydrogens is 372 g/mol. The van der Waals surface area contributed by atoms with E-state index in [2.05, 4.69) is 0 Å². The lowest BCUT2D eigenvalue weighted by Gasteiger charge is -2.50. The highest BCUT2D eigenvalue weighted by Crippen LogP contribution is 2.48. The minimum Gasteiger partial charge on any atom is -0.507 e. The van der Waals surface area contributed by atoms with Gasteiger partial charge in [0.15, 0.2) is 5.76 Å². The molecule has 3 aliphatic rings. The molecule has 0 radical (unpaired) electrons. The Kier molecular flexibility index (Phi) is 4.73. The first-order chi connectivity index (χ1) is 12.8. The second kappa shape index (κ2) is 6.54. The lowest BCUT2D eigenvalue weighted by molar-refractivity contribution is -0.223. The van der Waals surface area contributed by atoms with Crippen LogP contribution in [0.15, 0.2) is 11.6 Å². The van der Waals surface area contributed by atoms with Gasteiger partial charge < -0.3 is 24.2 Å². The van der Waals surface area contributed by atoms with Gasteiger partial charge in [0.05, 0.1) is 6.04 Å².